The van der Waals surface area contributed by atoms with Crippen molar-refractivity contribution in [3.63, 3.8) is 0 Å². The van der Waals surface area contributed by atoms with Crippen molar-refractivity contribution in [3.8, 4) is 28.3 Å². The number of pyridine rings is 2. The number of aromatic nitrogens is 4. The average molecular weight is 764 g/mol. The third-order valence-electron chi connectivity index (χ3n) is 7.58. The van der Waals surface area contributed by atoms with Gasteiger partial charge in [-0.25, -0.2) is 0 Å². The van der Waals surface area contributed by atoms with E-state index in [-0.39, 0.29) is 20.1 Å². The largest absolute Gasteiger partial charge is 0.501 e. The van der Waals surface area contributed by atoms with E-state index in [1.54, 1.807) is 6.20 Å². The van der Waals surface area contributed by atoms with Crippen molar-refractivity contribution in [1.82, 2.24) is 19.5 Å². The van der Waals surface area contributed by atoms with Crippen LogP contribution in [0.25, 0.3) is 61.3 Å². The third-order valence-corrected chi connectivity index (χ3v) is 7.58. The monoisotopic (exact) mass is 764 g/mol. The number of rotatable bonds is 4. The summed E-state index contributed by atoms with van der Waals surface area (Å²) in [4.78, 5) is 13.6. The first-order valence-electron chi connectivity index (χ1n) is 15.0. The molecular weight excluding hydrogens is 733 g/mol. The van der Waals surface area contributed by atoms with Crippen LogP contribution in [0.3, 0.4) is 0 Å². The second kappa shape index (κ2) is 13.0. The number of imidazole rings is 1. The molecule has 8 aromatic rings. The minimum Gasteiger partial charge on any atom is -0.501 e. The molecule has 0 saturated heterocycles. The quantitative estimate of drug-likeness (QED) is 0.168. The number of benzene rings is 4. The molecule has 4 heterocycles. The van der Waals surface area contributed by atoms with Crippen LogP contribution < -0.4 is 0 Å². The molecule has 4 aromatic carbocycles. The van der Waals surface area contributed by atoms with Crippen LogP contribution in [0, 0.1) is 19.1 Å². The van der Waals surface area contributed by atoms with Crippen LogP contribution in [0.5, 0.6) is 0 Å². The van der Waals surface area contributed by atoms with E-state index in [1.807, 2.05) is 118 Å². The fraction of sp³-hybridized carbons (Fsp3) is 0.103. The summed E-state index contributed by atoms with van der Waals surface area (Å²) in [5.74, 6) is 0.0585. The first-order valence-corrected chi connectivity index (χ1v) is 14.5. The smallest absolute Gasteiger partial charge is 0.121 e. The van der Waals surface area contributed by atoms with Gasteiger partial charge in [-0.15, -0.1) is 54.1 Å². The van der Waals surface area contributed by atoms with Crippen molar-refractivity contribution in [1.29, 1.82) is 0 Å². The third kappa shape index (κ3) is 5.95. The van der Waals surface area contributed by atoms with Gasteiger partial charge in [-0.3, -0.25) is 9.97 Å². The predicted molar refractivity (Wildman–Crippen MR) is 178 cm³/mol. The molecule has 0 fully saturated rings. The fourth-order valence-electron chi connectivity index (χ4n) is 5.38. The van der Waals surface area contributed by atoms with Gasteiger partial charge in [0.15, 0.2) is 0 Å². The van der Waals surface area contributed by atoms with Gasteiger partial charge in [0.2, 0.25) is 0 Å². The summed E-state index contributed by atoms with van der Waals surface area (Å²) in [5.41, 5.74) is 8.99. The van der Waals surface area contributed by atoms with Crippen molar-refractivity contribution < 1.29 is 25.9 Å². The molecule has 0 spiro atoms. The molecular formula is C39H30IrN4O-2. The normalized spacial score (nSPS) is 11.6. The Morgan fingerprint density at radius 1 is 0.822 bits per heavy atom. The number of para-hydroxylation sites is 1. The van der Waals surface area contributed by atoms with Gasteiger partial charge < -0.3 is 14.0 Å². The van der Waals surface area contributed by atoms with Crippen molar-refractivity contribution >= 4 is 33.0 Å². The van der Waals surface area contributed by atoms with Crippen LogP contribution in [-0.2, 0) is 20.1 Å². The first-order chi connectivity index (χ1) is 21.9. The Balaban J connectivity index is 0.000000241. The number of aryl methyl sites for hydroxylation is 1. The number of nitrogens with zero attached hydrogens (tertiary/aromatic N) is 4. The molecule has 6 heteroatoms. The molecule has 0 saturated carbocycles. The molecule has 0 atom stereocenters. The zero-order valence-electron chi connectivity index (χ0n) is 26.1. The summed E-state index contributed by atoms with van der Waals surface area (Å²) in [7, 11) is 0. The Bertz CT molecular complexity index is 2220. The Morgan fingerprint density at radius 3 is 2.40 bits per heavy atom. The number of hydrogen-bond acceptors (Lipinski definition) is 4. The SMILES string of the molecule is [2H]C(C)(C)c1ccc2c(c1)oc1c(-c3nc4cnc(C)cc4n3-c3ccccc3)[c-]ccc12.[Ir].[c-]1ccccc1-c1ccccn1. The summed E-state index contributed by atoms with van der Waals surface area (Å²) in [5, 5.41) is 2.03. The fourth-order valence-corrected chi connectivity index (χ4v) is 5.38. The molecule has 0 aliphatic heterocycles. The molecule has 45 heavy (non-hydrogen) atoms. The predicted octanol–water partition coefficient (Wildman–Crippen LogP) is 9.77. The second-order valence-electron chi connectivity index (χ2n) is 10.8. The number of furan rings is 1. The summed E-state index contributed by atoms with van der Waals surface area (Å²) in [6, 6.07) is 42.4. The topological polar surface area (TPSA) is 56.7 Å². The average Bonchev–Trinajstić information content (AvgIpc) is 3.64. The maximum atomic E-state index is 8.39. The maximum absolute atomic E-state index is 8.39. The zero-order chi connectivity index (χ0) is 31.0. The molecule has 8 rings (SSSR count). The zero-order valence-corrected chi connectivity index (χ0v) is 27.5. The van der Waals surface area contributed by atoms with Gasteiger partial charge in [0.05, 0.1) is 28.6 Å². The summed E-state index contributed by atoms with van der Waals surface area (Å²) in [6.45, 7) is 5.75. The maximum Gasteiger partial charge on any atom is 0.121 e. The second-order valence-corrected chi connectivity index (χ2v) is 10.8. The molecule has 0 unspecified atom stereocenters. The summed E-state index contributed by atoms with van der Waals surface area (Å²) in [6.07, 6.45) is 3.60. The van der Waals surface area contributed by atoms with Crippen molar-refractivity contribution in [2.75, 3.05) is 0 Å². The molecule has 5 nitrogen and oxygen atoms in total. The van der Waals surface area contributed by atoms with Gasteiger partial charge >= 0.3 is 0 Å². The van der Waals surface area contributed by atoms with Gasteiger partial charge in [-0.05, 0) is 54.4 Å². The van der Waals surface area contributed by atoms with Crippen LogP contribution in [0.2, 0.25) is 0 Å². The molecule has 0 N–H and O–H groups in total. The Morgan fingerprint density at radius 2 is 1.64 bits per heavy atom. The van der Waals surface area contributed by atoms with Gasteiger partial charge in [0.1, 0.15) is 5.58 Å². The van der Waals surface area contributed by atoms with Crippen LogP contribution in [0.15, 0.2) is 126 Å². The van der Waals surface area contributed by atoms with E-state index in [1.165, 1.54) is 0 Å². The van der Waals surface area contributed by atoms with Crippen molar-refractivity contribution in [3.05, 3.63) is 145 Å². The van der Waals surface area contributed by atoms with Crippen LogP contribution in [0.4, 0.5) is 0 Å². The molecule has 1 radical (unpaired) electrons. The molecule has 0 bridgehead atoms. The van der Waals surface area contributed by atoms with E-state index in [0.29, 0.717) is 0 Å². The summed E-state index contributed by atoms with van der Waals surface area (Å²) < 4.78 is 16.9. The molecule has 0 aliphatic rings. The summed E-state index contributed by atoms with van der Waals surface area (Å²) >= 11 is 0. The van der Waals surface area contributed by atoms with E-state index in [9.17, 15) is 0 Å². The van der Waals surface area contributed by atoms with Crippen LogP contribution in [0.1, 0.15) is 32.4 Å². The van der Waals surface area contributed by atoms with Gasteiger partial charge in [0.25, 0.3) is 0 Å². The molecule has 223 valence electrons. The first kappa shape index (κ1) is 28.8. The number of fused-ring (bicyclic) bond motifs is 4. The number of hydrogen-bond donors (Lipinski definition) is 0. The standard InChI is InChI=1S/C28H22N3O.C11H8N.Ir/c1-17(2)19-12-13-21-22-10-7-11-23(27(22)32-26(21)15-19)28-30-24-16-29-18(3)14-25(24)31(28)20-8-5-4-6-9-20;1-2-6-10(7-3-1)11-8-4-5-9-12-11;/h4-10,12-17H,1-3H3;1-6,8-9H;/q2*-1;/i17D;;. The Labute approximate surface area is 277 Å². The molecule has 4 aromatic heterocycles. The van der Waals surface area contributed by atoms with Crippen LogP contribution >= 0.6 is 0 Å². The van der Waals surface area contributed by atoms with E-state index in [0.717, 1.165) is 72.6 Å². The molecule has 0 aliphatic carbocycles. The van der Waals surface area contributed by atoms with E-state index in [4.69, 9.17) is 10.8 Å². The minimum atomic E-state index is -0.700. The van der Waals surface area contributed by atoms with Gasteiger partial charge in [-0.2, -0.15) is 0 Å². The molecule has 0 amide bonds. The van der Waals surface area contributed by atoms with Crippen molar-refractivity contribution in [2.45, 2.75) is 26.7 Å². The van der Waals surface area contributed by atoms with E-state index in [2.05, 4.69) is 44.9 Å². The van der Waals surface area contributed by atoms with Crippen molar-refractivity contribution in [2.24, 2.45) is 0 Å². The van der Waals surface area contributed by atoms with Gasteiger partial charge in [-0.1, -0.05) is 67.3 Å². The van der Waals surface area contributed by atoms with Gasteiger partial charge in [0, 0.05) is 44.4 Å². The minimum absolute atomic E-state index is 0. The van der Waals surface area contributed by atoms with E-state index < -0.39 is 5.89 Å². The van der Waals surface area contributed by atoms with Crippen LogP contribution in [-0.4, -0.2) is 19.5 Å². The Hall–Kier alpha value is -4.90. The van der Waals surface area contributed by atoms with E-state index >= 15 is 0 Å². The Kier molecular flexibility index (Phi) is 8.33.